The molecule has 0 saturated heterocycles. The summed E-state index contributed by atoms with van der Waals surface area (Å²) in [6.45, 7) is 4.54. The van der Waals surface area contributed by atoms with Gasteiger partial charge < -0.3 is 9.67 Å². The fourth-order valence-electron chi connectivity index (χ4n) is 1.75. The van der Waals surface area contributed by atoms with E-state index in [-0.39, 0.29) is 5.75 Å². The Balaban J connectivity index is 2.21. The first-order valence-corrected chi connectivity index (χ1v) is 7.27. The number of hydrogen-bond acceptors (Lipinski definition) is 5. The second-order valence-electron chi connectivity index (χ2n) is 4.33. The van der Waals surface area contributed by atoms with Gasteiger partial charge in [0, 0.05) is 18.3 Å². The lowest BCUT2D eigenvalue weighted by atomic mass is 10.2. The van der Waals surface area contributed by atoms with Gasteiger partial charge in [0.1, 0.15) is 5.82 Å². The average Bonchev–Trinajstić information content (AvgIpc) is 2.81. The Labute approximate surface area is 121 Å². The summed E-state index contributed by atoms with van der Waals surface area (Å²) in [6.07, 6.45) is 2.57. The molecule has 0 unspecified atom stereocenters. The van der Waals surface area contributed by atoms with Gasteiger partial charge >= 0.3 is 5.97 Å². The van der Waals surface area contributed by atoms with E-state index in [0.717, 1.165) is 23.5 Å². The summed E-state index contributed by atoms with van der Waals surface area (Å²) in [5, 5.41) is 17.6. The molecule has 0 aliphatic heterocycles. The number of carboxylic acid groups (broad SMARTS) is 1. The van der Waals surface area contributed by atoms with Crippen molar-refractivity contribution in [3.8, 4) is 0 Å². The number of carboxylic acids is 1. The number of aliphatic carboxylic acids is 1. The zero-order chi connectivity index (χ0) is 14.5. The molecule has 2 aromatic rings. The van der Waals surface area contributed by atoms with E-state index >= 15 is 0 Å². The summed E-state index contributed by atoms with van der Waals surface area (Å²) in [5.74, 6) is -0.0355. The highest BCUT2D eigenvalue weighted by molar-refractivity contribution is 7.99. The van der Waals surface area contributed by atoms with Gasteiger partial charge in [-0.3, -0.25) is 9.78 Å². The third kappa shape index (κ3) is 3.57. The van der Waals surface area contributed by atoms with Crippen molar-refractivity contribution < 1.29 is 9.90 Å². The Morgan fingerprint density at radius 1 is 1.40 bits per heavy atom. The number of thioether (sulfide) groups is 1. The van der Waals surface area contributed by atoms with Gasteiger partial charge in [0.15, 0.2) is 5.16 Å². The molecule has 0 aromatic carbocycles. The van der Waals surface area contributed by atoms with E-state index in [1.807, 2.05) is 36.7 Å². The summed E-state index contributed by atoms with van der Waals surface area (Å²) in [4.78, 5) is 14.9. The molecule has 6 nitrogen and oxygen atoms in total. The van der Waals surface area contributed by atoms with E-state index in [2.05, 4.69) is 15.2 Å². The molecule has 20 heavy (non-hydrogen) atoms. The fraction of sp³-hybridized carbons (Fsp3) is 0.385. The standard InChI is InChI=1S/C13H16N4O2S/c1-3-11-15-16-13(20-8-12(18)19)17(11)7-10-5-4-9(2)14-6-10/h4-6H,3,7-8H2,1-2H3,(H,18,19). The van der Waals surface area contributed by atoms with E-state index in [1.165, 1.54) is 11.8 Å². The van der Waals surface area contributed by atoms with E-state index in [0.29, 0.717) is 11.7 Å². The van der Waals surface area contributed by atoms with Crippen molar-refractivity contribution in [2.24, 2.45) is 0 Å². The highest BCUT2D eigenvalue weighted by Crippen LogP contribution is 2.18. The van der Waals surface area contributed by atoms with Crippen molar-refractivity contribution in [1.82, 2.24) is 19.7 Å². The van der Waals surface area contributed by atoms with E-state index in [4.69, 9.17) is 5.11 Å². The molecule has 2 rings (SSSR count). The molecule has 0 aliphatic carbocycles. The third-order valence-electron chi connectivity index (χ3n) is 2.75. The molecule has 0 bridgehead atoms. The SMILES string of the molecule is CCc1nnc(SCC(=O)O)n1Cc1ccc(C)nc1. The van der Waals surface area contributed by atoms with E-state index < -0.39 is 5.97 Å². The second kappa shape index (κ2) is 6.51. The molecule has 0 aliphatic rings. The number of aromatic nitrogens is 4. The lowest BCUT2D eigenvalue weighted by molar-refractivity contribution is -0.133. The van der Waals surface area contributed by atoms with Crippen LogP contribution < -0.4 is 0 Å². The molecule has 0 fully saturated rings. The first kappa shape index (κ1) is 14.5. The molecule has 2 aromatic heterocycles. The molecule has 1 N–H and O–H groups in total. The van der Waals surface area contributed by atoms with Gasteiger partial charge in [-0.2, -0.15) is 0 Å². The fourth-order valence-corrected chi connectivity index (χ4v) is 2.42. The van der Waals surface area contributed by atoms with Gasteiger partial charge in [-0.05, 0) is 18.6 Å². The van der Waals surface area contributed by atoms with Crippen LogP contribution in [-0.2, 0) is 17.8 Å². The van der Waals surface area contributed by atoms with Crippen LogP contribution in [0.2, 0.25) is 0 Å². The van der Waals surface area contributed by atoms with Crippen LogP contribution in [0.5, 0.6) is 0 Å². The quantitative estimate of drug-likeness (QED) is 0.817. The maximum atomic E-state index is 10.7. The van der Waals surface area contributed by atoms with E-state index in [9.17, 15) is 4.79 Å². The molecule has 0 atom stereocenters. The first-order chi connectivity index (χ1) is 9.60. The molecule has 0 spiro atoms. The van der Waals surface area contributed by atoms with Gasteiger partial charge in [-0.1, -0.05) is 24.8 Å². The van der Waals surface area contributed by atoms with Crippen LogP contribution in [0.3, 0.4) is 0 Å². The van der Waals surface area contributed by atoms with Gasteiger partial charge in [0.2, 0.25) is 0 Å². The molecule has 0 saturated carbocycles. The summed E-state index contributed by atoms with van der Waals surface area (Å²) in [5.41, 5.74) is 2.01. The number of nitrogens with zero attached hydrogens (tertiary/aromatic N) is 4. The minimum absolute atomic E-state index is 0.0198. The lowest BCUT2D eigenvalue weighted by Gasteiger charge is -2.08. The molecular weight excluding hydrogens is 276 g/mol. The predicted octanol–water partition coefficient (Wildman–Crippen LogP) is 1.77. The number of hydrogen-bond donors (Lipinski definition) is 1. The third-order valence-corrected chi connectivity index (χ3v) is 3.70. The summed E-state index contributed by atoms with van der Waals surface area (Å²) in [7, 11) is 0. The lowest BCUT2D eigenvalue weighted by Crippen LogP contribution is -2.08. The smallest absolute Gasteiger partial charge is 0.313 e. The molecule has 106 valence electrons. The maximum Gasteiger partial charge on any atom is 0.313 e. The van der Waals surface area contributed by atoms with Crippen molar-refractivity contribution in [1.29, 1.82) is 0 Å². The topological polar surface area (TPSA) is 80.9 Å². The van der Waals surface area contributed by atoms with Gasteiger partial charge in [-0.25, -0.2) is 0 Å². The minimum Gasteiger partial charge on any atom is -0.481 e. The van der Waals surface area contributed by atoms with Crippen LogP contribution in [0.15, 0.2) is 23.5 Å². The Morgan fingerprint density at radius 2 is 2.20 bits per heavy atom. The molecule has 2 heterocycles. The summed E-state index contributed by atoms with van der Waals surface area (Å²) in [6, 6.07) is 3.96. The number of rotatable bonds is 6. The highest BCUT2D eigenvalue weighted by Gasteiger charge is 2.13. The first-order valence-electron chi connectivity index (χ1n) is 6.28. The Hall–Kier alpha value is -1.89. The van der Waals surface area contributed by atoms with Crippen LogP contribution >= 0.6 is 11.8 Å². The minimum atomic E-state index is -0.861. The largest absolute Gasteiger partial charge is 0.481 e. The van der Waals surface area contributed by atoms with Gasteiger partial charge in [0.05, 0.1) is 12.3 Å². The molecule has 7 heteroatoms. The Bertz CT molecular complexity index is 595. The zero-order valence-electron chi connectivity index (χ0n) is 11.4. The Kier molecular flexibility index (Phi) is 4.73. The number of pyridine rings is 1. The summed E-state index contributed by atoms with van der Waals surface area (Å²) >= 11 is 1.18. The van der Waals surface area contributed by atoms with Crippen LogP contribution in [0.1, 0.15) is 24.0 Å². The summed E-state index contributed by atoms with van der Waals surface area (Å²) < 4.78 is 1.94. The Morgan fingerprint density at radius 3 is 2.80 bits per heavy atom. The number of aryl methyl sites for hydroxylation is 2. The number of carbonyl (C=O) groups is 1. The van der Waals surface area contributed by atoms with Crippen LogP contribution in [0.25, 0.3) is 0 Å². The van der Waals surface area contributed by atoms with Crippen molar-refractivity contribution in [3.63, 3.8) is 0 Å². The van der Waals surface area contributed by atoms with Crippen LogP contribution in [0.4, 0.5) is 0 Å². The van der Waals surface area contributed by atoms with Crippen LogP contribution in [0, 0.1) is 6.92 Å². The van der Waals surface area contributed by atoms with Crippen molar-refractivity contribution in [3.05, 3.63) is 35.4 Å². The van der Waals surface area contributed by atoms with Gasteiger partial charge in [-0.15, -0.1) is 10.2 Å². The van der Waals surface area contributed by atoms with Crippen molar-refractivity contribution in [2.45, 2.75) is 32.0 Å². The molecule has 0 radical (unpaired) electrons. The highest BCUT2D eigenvalue weighted by atomic mass is 32.2. The zero-order valence-corrected chi connectivity index (χ0v) is 12.2. The maximum absolute atomic E-state index is 10.7. The van der Waals surface area contributed by atoms with Crippen LogP contribution in [-0.4, -0.2) is 36.6 Å². The van der Waals surface area contributed by atoms with E-state index in [1.54, 1.807) is 0 Å². The van der Waals surface area contributed by atoms with Crippen molar-refractivity contribution >= 4 is 17.7 Å². The van der Waals surface area contributed by atoms with Gasteiger partial charge in [0.25, 0.3) is 0 Å². The monoisotopic (exact) mass is 292 g/mol. The molecule has 0 amide bonds. The normalized spacial score (nSPS) is 10.7. The van der Waals surface area contributed by atoms with Crippen molar-refractivity contribution in [2.75, 3.05) is 5.75 Å². The average molecular weight is 292 g/mol. The second-order valence-corrected chi connectivity index (χ2v) is 5.27. The molecular formula is C13H16N4O2S. The predicted molar refractivity (Wildman–Crippen MR) is 75.8 cm³/mol.